The van der Waals surface area contributed by atoms with Crippen LogP contribution in [0.4, 0.5) is 13.2 Å². The summed E-state index contributed by atoms with van der Waals surface area (Å²) < 4.78 is 38.3. The Labute approximate surface area is 102 Å². The van der Waals surface area contributed by atoms with Crippen LogP contribution in [0.15, 0.2) is 27.6 Å². The van der Waals surface area contributed by atoms with Gasteiger partial charge in [0.15, 0.2) is 5.69 Å². The zero-order chi connectivity index (χ0) is 12.8. The van der Waals surface area contributed by atoms with E-state index in [1.807, 2.05) is 0 Å². The fourth-order valence-corrected chi connectivity index (χ4v) is 1.91. The Balaban J connectivity index is 2.91. The molecular formula is C10H6BrF3N2O. The number of halogens is 4. The molecule has 90 valence electrons. The molecule has 0 unspecified atom stereocenters. The summed E-state index contributed by atoms with van der Waals surface area (Å²) in [5.41, 5.74) is -1.27. The minimum atomic E-state index is -4.66. The van der Waals surface area contributed by atoms with E-state index < -0.39 is 21.9 Å². The van der Waals surface area contributed by atoms with Gasteiger partial charge in [-0.15, -0.1) is 0 Å². The molecule has 0 bridgehead atoms. The first-order valence-electron chi connectivity index (χ1n) is 4.56. The highest BCUT2D eigenvalue weighted by Gasteiger charge is 2.36. The van der Waals surface area contributed by atoms with Gasteiger partial charge in [-0.05, 0) is 40.5 Å². The molecule has 7 heteroatoms. The lowest BCUT2D eigenvalue weighted by Crippen LogP contribution is -2.22. The van der Waals surface area contributed by atoms with Crippen LogP contribution < -0.4 is 5.56 Å². The van der Waals surface area contributed by atoms with Crippen LogP contribution in [0.2, 0.25) is 0 Å². The van der Waals surface area contributed by atoms with E-state index in [9.17, 15) is 18.0 Å². The topological polar surface area (TPSA) is 34.4 Å². The molecule has 0 aliphatic heterocycles. The zero-order valence-corrected chi connectivity index (χ0v) is 10.1. The molecule has 0 aromatic carbocycles. The first-order chi connectivity index (χ1) is 7.80. The molecule has 2 aromatic heterocycles. The van der Waals surface area contributed by atoms with Crippen molar-refractivity contribution in [3.8, 4) is 0 Å². The summed E-state index contributed by atoms with van der Waals surface area (Å²) in [4.78, 5) is 15.1. The van der Waals surface area contributed by atoms with Crippen molar-refractivity contribution in [1.82, 2.24) is 9.38 Å². The van der Waals surface area contributed by atoms with Crippen molar-refractivity contribution in [2.45, 2.75) is 13.1 Å². The average Bonchev–Trinajstić information content (AvgIpc) is 2.21. The minimum Gasteiger partial charge on any atom is -0.268 e. The van der Waals surface area contributed by atoms with Gasteiger partial charge in [-0.25, -0.2) is 4.98 Å². The Morgan fingerprint density at radius 3 is 2.65 bits per heavy atom. The first-order valence-corrected chi connectivity index (χ1v) is 5.36. The molecule has 0 saturated heterocycles. The fourth-order valence-electron chi connectivity index (χ4n) is 1.41. The molecule has 0 amide bonds. The predicted octanol–water partition coefficient (Wildman–Crippen LogP) is 2.78. The van der Waals surface area contributed by atoms with Crippen LogP contribution in [0.25, 0.3) is 5.65 Å². The maximum atomic E-state index is 12.6. The van der Waals surface area contributed by atoms with Gasteiger partial charge < -0.3 is 0 Å². The Morgan fingerprint density at radius 2 is 2.06 bits per heavy atom. The lowest BCUT2D eigenvalue weighted by Gasteiger charge is -2.09. The maximum Gasteiger partial charge on any atom is 0.434 e. The number of hydrogen-bond acceptors (Lipinski definition) is 2. The van der Waals surface area contributed by atoms with Crippen molar-refractivity contribution in [2.24, 2.45) is 0 Å². The number of alkyl halides is 3. The van der Waals surface area contributed by atoms with Crippen LogP contribution in [-0.2, 0) is 6.18 Å². The summed E-state index contributed by atoms with van der Waals surface area (Å²) in [6.45, 7) is 1.71. The molecule has 17 heavy (non-hydrogen) atoms. The molecule has 0 atom stereocenters. The maximum absolute atomic E-state index is 12.6. The third kappa shape index (κ3) is 2.06. The van der Waals surface area contributed by atoms with Crippen LogP contribution in [0.1, 0.15) is 11.3 Å². The molecule has 0 spiro atoms. The summed E-state index contributed by atoms with van der Waals surface area (Å²) in [5, 5.41) is 0. The molecule has 2 aromatic rings. The molecule has 3 nitrogen and oxygen atoms in total. The smallest absolute Gasteiger partial charge is 0.268 e. The van der Waals surface area contributed by atoms with E-state index in [-0.39, 0.29) is 5.65 Å². The summed E-state index contributed by atoms with van der Waals surface area (Å²) in [6.07, 6.45) is -3.26. The molecule has 2 rings (SSSR count). The molecule has 0 fully saturated rings. The standard InChI is InChI=1S/C10H6BrF3N2O/c1-5-2-3-16-6(4-5)15-8(10(12,13)14)7(11)9(16)17/h2-4H,1H3. The van der Waals surface area contributed by atoms with Gasteiger partial charge in [0, 0.05) is 6.20 Å². The normalized spacial score (nSPS) is 12.1. The Kier molecular flexibility index (Phi) is 2.73. The summed E-state index contributed by atoms with van der Waals surface area (Å²) in [6, 6.07) is 3.04. The van der Waals surface area contributed by atoms with Gasteiger partial charge in [-0.2, -0.15) is 13.2 Å². The van der Waals surface area contributed by atoms with Gasteiger partial charge in [0.2, 0.25) is 0 Å². The first kappa shape index (κ1) is 12.1. The number of fused-ring (bicyclic) bond motifs is 1. The van der Waals surface area contributed by atoms with E-state index in [4.69, 9.17) is 0 Å². The summed E-state index contributed by atoms with van der Waals surface area (Å²) in [5.74, 6) is 0. The highest BCUT2D eigenvalue weighted by molar-refractivity contribution is 9.10. The summed E-state index contributed by atoms with van der Waals surface area (Å²) in [7, 11) is 0. The third-order valence-corrected chi connectivity index (χ3v) is 2.91. The average molecular weight is 307 g/mol. The number of pyridine rings is 1. The van der Waals surface area contributed by atoms with Gasteiger partial charge in [0.25, 0.3) is 5.56 Å². The number of aromatic nitrogens is 2. The van der Waals surface area contributed by atoms with Crippen molar-refractivity contribution < 1.29 is 13.2 Å². The molecule has 0 aliphatic carbocycles. The predicted molar refractivity (Wildman–Crippen MR) is 58.9 cm³/mol. The van der Waals surface area contributed by atoms with Gasteiger partial charge in [-0.1, -0.05) is 0 Å². The molecular weight excluding hydrogens is 301 g/mol. The quantitative estimate of drug-likeness (QED) is 0.750. The molecule has 0 N–H and O–H groups in total. The third-order valence-electron chi connectivity index (χ3n) is 2.20. The SMILES string of the molecule is Cc1ccn2c(=O)c(Br)c(C(F)(F)F)nc2c1. The van der Waals surface area contributed by atoms with Gasteiger partial charge in [0.05, 0.1) is 0 Å². The Bertz CT molecular complexity index is 648. The van der Waals surface area contributed by atoms with E-state index in [2.05, 4.69) is 20.9 Å². The highest BCUT2D eigenvalue weighted by Crippen LogP contribution is 2.31. The van der Waals surface area contributed by atoms with Gasteiger partial charge >= 0.3 is 6.18 Å². The second-order valence-corrected chi connectivity index (χ2v) is 4.30. The second-order valence-electron chi connectivity index (χ2n) is 3.51. The van der Waals surface area contributed by atoms with Crippen LogP contribution in [0, 0.1) is 6.92 Å². The van der Waals surface area contributed by atoms with Gasteiger partial charge in [-0.3, -0.25) is 9.20 Å². The number of nitrogens with zero attached hydrogens (tertiary/aromatic N) is 2. The van der Waals surface area contributed by atoms with Crippen LogP contribution >= 0.6 is 15.9 Å². The second kappa shape index (κ2) is 3.83. The van der Waals surface area contributed by atoms with E-state index in [0.29, 0.717) is 0 Å². The van der Waals surface area contributed by atoms with Crippen molar-refractivity contribution in [2.75, 3.05) is 0 Å². The van der Waals surface area contributed by atoms with E-state index in [1.54, 1.807) is 13.0 Å². The number of rotatable bonds is 0. The van der Waals surface area contributed by atoms with E-state index in [1.165, 1.54) is 12.3 Å². The number of hydrogen-bond donors (Lipinski definition) is 0. The highest BCUT2D eigenvalue weighted by atomic mass is 79.9. The summed E-state index contributed by atoms with van der Waals surface area (Å²) >= 11 is 2.64. The van der Waals surface area contributed by atoms with Crippen molar-refractivity contribution >= 4 is 21.6 Å². The molecule has 0 radical (unpaired) electrons. The molecule has 0 saturated carbocycles. The van der Waals surface area contributed by atoms with Crippen molar-refractivity contribution in [1.29, 1.82) is 0 Å². The van der Waals surface area contributed by atoms with Crippen molar-refractivity contribution in [3.05, 3.63) is 44.4 Å². The van der Waals surface area contributed by atoms with Crippen molar-refractivity contribution in [3.63, 3.8) is 0 Å². The van der Waals surface area contributed by atoms with Crippen LogP contribution in [0.5, 0.6) is 0 Å². The van der Waals surface area contributed by atoms with E-state index >= 15 is 0 Å². The lowest BCUT2D eigenvalue weighted by atomic mass is 10.3. The largest absolute Gasteiger partial charge is 0.434 e. The lowest BCUT2D eigenvalue weighted by molar-refractivity contribution is -0.141. The fraction of sp³-hybridized carbons (Fsp3) is 0.200. The monoisotopic (exact) mass is 306 g/mol. The Morgan fingerprint density at radius 1 is 1.41 bits per heavy atom. The van der Waals surface area contributed by atoms with Gasteiger partial charge in [0.1, 0.15) is 10.1 Å². The van der Waals surface area contributed by atoms with E-state index in [0.717, 1.165) is 9.96 Å². The zero-order valence-electron chi connectivity index (χ0n) is 8.55. The van der Waals surface area contributed by atoms with Crippen LogP contribution in [-0.4, -0.2) is 9.38 Å². The molecule has 2 heterocycles. The Hall–Kier alpha value is -1.37. The molecule has 0 aliphatic rings. The minimum absolute atomic E-state index is 0.0227. The van der Waals surface area contributed by atoms with Crippen LogP contribution in [0.3, 0.4) is 0 Å². The number of aryl methyl sites for hydroxylation is 1.